The topological polar surface area (TPSA) is 9.23 Å². The van der Waals surface area contributed by atoms with Crippen molar-refractivity contribution >= 4 is 0 Å². The van der Waals surface area contributed by atoms with Crippen molar-refractivity contribution in [1.29, 1.82) is 0 Å². The van der Waals surface area contributed by atoms with E-state index in [2.05, 4.69) is 0 Å². The van der Waals surface area contributed by atoms with Crippen LogP contribution in [-0.2, 0) is 0 Å². The van der Waals surface area contributed by atoms with Crippen molar-refractivity contribution in [3.05, 3.63) is 29.3 Å². The zero-order valence-corrected chi connectivity index (χ0v) is 8.60. The molecule has 0 fully saturated rings. The summed E-state index contributed by atoms with van der Waals surface area (Å²) in [7, 11) is 0. The largest absolute Gasteiger partial charge is 0.491 e. The van der Waals surface area contributed by atoms with E-state index in [1.54, 1.807) is 13.0 Å². The van der Waals surface area contributed by atoms with Gasteiger partial charge in [0.05, 0.1) is 6.61 Å². The first-order chi connectivity index (χ1) is 6.56. The van der Waals surface area contributed by atoms with Crippen LogP contribution in [0.3, 0.4) is 0 Å². The van der Waals surface area contributed by atoms with E-state index in [1.807, 2.05) is 13.8 Å². The van der Waals surface area contributed by atoms with Gasteiger partial charge >= 0.3 is 0 Å². The summed E-state index contributed by atoms with van der Waals surface area (Å²) in [5.41, 5.74) is 0.743. The molecule has 3 heteroatoms. The van der Waals surface area contributed by atoms with Gasteiger partial charge in [0, 0.05) is 0 Å². The van der Waals surface area contributed by atoms with E-state index < -0.39 is 11.6 Å². The maximum atomic E-state index is 13.1. The second kappa shape index (κ2) is 4.40. The van der Waals surface area contributed by atoms with Crippen molar-refractivity contribution in [3.63, 3.8) is 0 Å². The van der Waals surface area contributed by atoms with Gasteiger partial charge in [0.1, 0.15) is 0 Å². The van der Waals surface area contributed by atoms with E-state index in [9.17, 15) is 8.78 Å². The molecule has 0 aliphatic carbocycles. The zero-order valence-electron chi connectivity index (χ0n) is 8.60. The van der Waals surface area contributed by atoms with E-state index in [0.29, 0.717) is 6.61 Å². The van der Waals surface area contributed by atoms with Gasteiger partial charge in [-0.05, 0) is 30.5 Å². The third-order valence-electron chi connectivity index (χ3n) is 1.98. The number of rotatable bonds is 3. The van der Waals surface area contributed by atoms with Gasteiger partial charge in [-0.25, -0.2) is 4.39 Å². The Labute approximate surface area is 82.7 Å². The predicted molar refractivity (Wildman–Crippen MR) is 51.6 cm³/mol. The van der Waals surface area contributed by atoms with Crippen LogP contribution in [-0.4, -0.2) is 6.61 Å². The lowest BCUT2D eigenvalue weighted by molar-refractivity contribution is 0.313. The number of halogens is 2. The van der Waals surface area contributed by atoms with Crippen molar-refractivity contribution < 1.29 is 13.5 Å². The summed E-state index contributed by atoms with van der Waals surface area (Å²) < 4.78 is 31.2. The fourth-order valence-corrected chi connectivity index (χ4v) is 1.18. The third kappa shape index (κ3) is 2.22. The molecule has 0 atom stereocenters. The van der Waals surface area contributed by atoms with Crippen LogP contribution in [0.2, 0.25) is 0 Å². The van der Waals surface area contributed by atoms with Gasteiger partial charge < -0.3 is 4.74 Å². The lowest BCUT2D eigenvalue weighted by atomic mass is 10.0. The summed E-state index contributed by atoms with van der Waals surface area (Å²) >= 11 is 0. The highest BCUT2D eigenvalue weighted by molar-refractivity contribution is 5.33. The van der Waals surface area contributed by atoms with Gasteiger partial charge in [0.2, 0.25) is 5.82 Å². The van der Waals surface area contributed by atoms with Crippen LogP contribution in [0.15, 0.2) is 12.1 Å². The maximum Gasteiger partial charge on any atom is 0.200 e. The van der Waals surface area contributed by atoms with Crippen LogP contribution in [0.5, 0.6) is 5.75 Å². The van der Waals surface area contributed by atoms with Gasteiger partial charge in [0.25, 0.3) is 0 Å². The summed E-state index contributed by atoms with van der Waals surface area (Å²) in [6.07, 6.45) is 0. The molecule has 78 valence electrons. The normalized spacial score (nSPS) is 10.7. The molecule has 0 bridgehead atoms. The molecule has 1 nitrogen and oxygen atoms in total. The number of hydrogen-bond donors (Lipinski definition) is 0. The zero-order chi connectivity index (χ0) is 10.7. The minimum Gasteiger partial charge on any atom is -0.491 e. The minimum atomic E-state index is -0.906. The van der Waals surface area contributed by atoms with Crippen LogP contribution in [0.1, 0.15) is 32.3 Å². The van der Waals surface area contributed by atoms with Crippen molar-refractivity contribution in [3.8, 4) is 5.75 Å². The SMILES string of the molecule is CCOc1cc(C(C)C)cc(F)c1F. The van der Waals surface area contributed by atoms with Gasteiger partial charge in [-0.15, -0.1) is 0 Å². The first-order valence-corrected chi connectivity index (χ1v) is 4.68. The number of hydrogen-bond acceptors (Lipinski definition) is 1. The molecular formula is C11H14F2O. The van der Waals surface area contributed by atoms with Crippen LogP contribution < -0.4 is 4.74 Å². The Hall–Kier alpha value is -1.12. The monoisotopic (exact) mass is 200 g/mol. The lowest BCUT2D eigenvalue weighted by Gasteiger charge is -2.10. The first-order valence-electron chi connectivity index (χ1n) is 4.68. The van der Waals surface area contributed by atoms with E-state index >= 15 is 0 Å². The van der Waals surface area contributed by atoms with Crippen LogP contribution in [0, 0.1) is 11.6 Å². The van der Waals surface area contributed by atoms with Crippen LogP contribution in [0.25, 0.3) is 0 Å². The Morgan fingerprint density at radius 2 is 1.93 bits per heavy atom. The van der Waals surface area contributed by atoms with Crippen molar-refractivity contribution in [2.75, 3.05) is 6.61 Å². The third-order valence-corrected chi connectivity index (χ3v) is 1.98. The van der Waals surface area contributed by atoms with Gasteiger partial charge in [-0.3, -0.25) is 0 Å². The molecule has 0 unspecified atom stereocenters. The molecule has 1 aromatic rings. The minimum absolute atomic E-state index is 0.00352. The Morgan fingerprint density at radius 3 is 2.43 bits per heavy atom. The molecule has 0 spiro atoms. The molecule has 0 aliphatic rings. The van der Waals surface area contributed by atoms with Crippen molar-refractivity contribution in [1.82, 2.24) is 0 Å². The molecule has 0 aliphatic heterocycles. The summed E-state index contributed by atoms with van der Waals surface area (Å²) in [4.78, 5) is 0. The Bertz CT molecular complexity index is 321. The molecular weight excluding hydrogens is 186 g/mol. The molecule has 0 heterocycles. The molecule has 0 radical (unpaired) electrons. The Morgan fingerprint density at radius 1 is 1.29 bits per heavy atom. The van der Waals surface area contributed by atoms with Crippen molar-refractivity contribution in [2.24, 2.45) is 0 Å². The smallest absolute Gasteiger partial charge is 0.200 e. The van der Waals surface area contributed by atoms with Gasteiger partial charge in [0.15, 0.2) is 11.6 Å². The summed E-state index contributed by atoms with van der Waals surface area (Å²) in [6, 6.07) is 2.76. The lowest BCUT2D eigenvalue weighted by Crippen LogP contribution is -2.00. The molecule has 0 saturated heterocycles. The highest BCUT2D eigenvalue weighted by Crippen LogP contribution is 2.26. The molecule has 0 amide bonds. The Balaban J connectivity index is 3.14. The first kappa shape index (κ1) is 11.0. The summed E-state index contributed by atoms with van der Waals surface area (Å²) in [5.74, 6) is -1.60. The van der Waals surface area contributed by atoms with E-state index in [0.717, 1.165) is 5.56 Å². The fourth-order valence-electron chi connectivity index (χ4n) is 1.18. The molecule has 0 aromatic heterocycles. The average molecular weight is 200 g/mol. The molecule has 1 aromatic carbocycles. The van der Waals surface area contributed by atoms with Crippen LogP contribution >= 0.6 is 0 Å². The predicted octanol–water partition coefficient (Wildman–Crippen LogP) is 3.49. The summed E-state index contributed by atoms with van der Waals surface area (Å²) in [5, 5.41) is 0. The highest BCUT2D eigenvalue weighted by atomic mass is 19.2. The molecule has 0 saturated carbocycles. The van der Waals surface area contributed by atoms with Gasteiger partial charge in [-0.2, -0.15) is 4.39 Å². The van der Waals surface area contributed by atoms with Crippen molar-refractivity contribution in [2.45, 2.75) is 26.7 Å². The highest BCUT2D eigenvalue weighted by Gasteiger charge is 2.12. The second-order valence-corrected chi connectivity index (χ2v) is 3.40. The average Bonchev–Trinajstić information content (AvgIpc) is 2.12. The molecule has 1 rings (SSSR count). The van der Waals surface area contributed by atoms with E-state index in [-0.39, 0.29) is 11.7 Å². The molecule has 0 N–H and O–H groups in total. The van der Waals surface area contributed by atoms with Gasteiger partial charge in [-0.1, -0.05) is 13.8 Å². The standard InChI is InChI=1S/C11H14F2O/c1-4-14-10-6-8(7(2)3)5-9(12)11(10)13/h5-7H,4H2,1-3H3. The maximum absolute atomic E-state index is 13.1. The Kier molecular flexibility index (Phi) is 3.44. The van der Waals surface area contributed by atoms with E-state index in [4.69, 9.17) is 4.74 Å². The molecule has 14 heavy (non-hydrogen) atoms. The quantitative estimate of drug-likeness (QED) is 0.725. The van der Waals surface area contributed by atoms with Crippen LogP contribution in [0.4, 0.5) is 8.78 Å². The second-order valence-electron chi connectivity index (χ2n) is 3.40. The van der Waals surface area contributed by atoms with E-state index in [1.165, 1.54) is 6.07 Å². The number of benzene rings is 1. The fraction of sp³-hybridized carbons (Fsp3) is 0.455. The number of ether oxygens (including phenoxy) is 1. The summed E-state index contributed by atoms with van der Waals surface area (Å²) in [6.45, 7) is 5.90.